The number of hydrogen-bond acceptors (Lipinski definition) is 5. The molecular formula is C23H33F3N4O3. The number of amides is 1. The molecule has 184 valence electrons. The van der Waals surface area contributed by atoms with Gasteiger partial charge in [-0.05, 0) is 64.8 Å². The van der Waals surface area contributed by atoms with E-state index in [-0.39, 0.29) is 23.4 Å². The largest absolute Gasteiger partial charge is 0.483 e. The van der Waals surface area contributed by atoms with Crippen LogP contribution in [0.25, 0.3) is 10.9 Å². The molecule has 1 fully saturated rings. The number of nitrogens with one attached hydrogen (secondary N) is 1. The number of benzene rings is 1. The van der Waals surface area contributed by atoms with Gasteiger partial charge in [-0.15, -0.1) is 0 Å². The number of ether oxygens (including phenoxy) is 2. The minimum absolute atomic E-state index is 0.0425. The summed E-state index contributed by atoms with van der Waals surface area (Å²) in [5.74, 6) is -0.198. The van der Waals surface area contributed by atoms with Gasteiger partial charge in [-0.3, -0.25) is 14.4 Å². The second-order valence-electron chi connectivity index (χ2n) is 9.48. The highest BCUT2D eigenvalue weighted by molar-refractivity contribution is 6.03. The first-order chi connectivity index (χ1) is 15.5. The van der Waals surface area contributed by atoms with Crippen LogP contribution in [0, 0.1) is 5.92 Å². The summed E-state index contributed by atoms with van der Waals surface area (Å²) in [4.78, 5) is 15.0. The summed E-state index contributed by atoms with van der Waals surface area (Å²) in [6.45, 7) is 8.33. The van der Waals surface area contributed by atoms with Crippen LogP contribution in [-0.2, 0) is 11.3 Å². The van der Waals surface area contributed by atoms with E-state index in [0.717, 1.165) is 25.9 Å². The van der Waals surface area contributed by atoms with Crippen LogP contribution in [0.1, 0.15) is 44.0 Å². The highest BCUT2D eigenvalue weighted by Gasteiger charge is 2.31. The third kappa shape index (κ3) is 6.83. The molecule has 1 saturated heterocycles. The normalized spacial score (nSPS) is 16.3. The number of carbonyl (C=O) groups excluding carboxylic acids is 1. The lowest BCUT2D eigenvalue weighted by Crippen LogP contribution is -2.46. The Morgan fingerprint density at radius 3 is 2.52 bits per heavy atom. The monoisotopic (exact) mass is 470 g/mol. The Kier molecular flexibility index (Phi) is 7.89. The lowest BCUT2D eigenvalue weighted by molar-refractivity contribution is -0.153. The molecule has 1 amide bonds. The molecule has 1 aromatic carbocycles. The van der Waals surface area contributed by atoms with Crippen molar-refractivity contribution in [3.8, 4) is 5.75 Å². The molecule has 1 aliphatic heterocycles. The van der Waals surface area contributed by atoms with Crippen LogP contribution in [-0.4, -0.2) is 72.3 Å². The molecule has 1 N–H and O–H groups in total. The molecule has 0 unspecified atom stereocenters. The van der Waals surface area contributed by atoms with Crippen molar-refractivity contribution < 1.29 is 27.4 Å². The van der Waals surface area contributed by atoms with Gasteiger partial charge in [0.15, 0.2) is 6.61 Å². The number of nitrogens with zero attached hydrogens (tertiary/aromatic N) is 3. The van der Waals surface area contributed by atoms with E-state index in [4.69, 9.17) is 9.47 Å². The van der Waals surface area contributed by atoms with E-state index >= 15 is 0 Å². The molecule has 0 bridgehead atoms. The zero-order valence-corrected chi connectivity index (χ0v) is 19.7. The standard InChI is InChI=1S/C23H33F3N4O3/c1-22(2,3)29-10-7-16(8-11-29)13-30-14-18-19(28-30)6-5-17(21(31)27-9-12-32-4)20(18)33-15-23(24,25)26/h5-6,14,16H,7-13,15H2,1-4H3,(H,27,31). The smallest absolute Gasteiger partial charge is 0.422 e. The Labute approximate surface area is 192 Å². The second kappa shape index (κ2) is 10.3. The van der Waals surface area contributed by atoms with Crippen molar-refractivity contribution in [1.82, 2.24) is 20.0 Å². The topological polar surface area (TPSA) is 68.6 Å². The number of methoxy groups -OCH3 is 1. The zero-order valence-electron chi connectivity index (χ0n) is 19.7. The lowest BCUT2D eigenvalue weighted by Gasteiger charge is -2.40. The minimum atomic E-state index is -4.52. The van der Waals surface area contributed by atoms with E-state index in [2.05, 4.69) is 36.1 Å². The minimum Gasteiger partial charge on any atom is -0.483 e. The molecule has 7 nitrogen and oxygen atoms in total. The first-order valence-corrected chi connectivity index (χ1v) is 11.2. The fraction of sp³-hybridized carbons (Fsp3) is 0.652. The zero-order chi connectivity index (χ0) is 24.2. The fourth-order valence-corrected chi connectivity index (χ4v) is 4.11. The van der Waals surface area contributed by atoms with E-state index in [1.807, 2.05) is 0 Å². The van der Waals surface area contributed by atoms with E-state index in [1.54, 1.807) is 16.9 Å². The Hall–Kier alpha value is -2.33. The van der Waals surface area contributed by atoms with E-state index in [9.17, 15) is 18.0 Å². The highest BCUT2D eigenvalue weighted by atomic mass is 19.4. The molecule has 10 heteroatoms. The molecule has 2 heterocycles. The highest BCUT2D eigenvalue weighted by Crippen LogP contribution is 2.32. The van der Waals surface area contributed by atoms with Crippen molar-refractivity contribution in [2.24, 2.45) is 5.92 Å². The van der Waals surface area contributed by atoms with Crippen molar-refractivity contribution in [1.29, 1.82) is 0 Å². The van der Waals surface area contributed by atoms with Crippen LogP contribution in [0.2, 0.25) is 0 Å². The first kappa shape index (κ1) is 25.3. The molecular weight excluding hydrogens is 437 g/mol. The summed E-state index contributed by atoms with van der Waals surface area (Å²) in [5, 5.41) is 7.57. The van der Waals surface area contributed by atoms with Crippen molar-refractivity contribution in [3.63, 3.8) is 0 Å². The summed E-state index contributed by atoms with van der Waals surface area (Å²) in [5.41, 5.74) is 0.671. The Morgan fingerprint density at radius 1 is 1.21 bits per heavy atom. The summed E-state index contributed by atoms with van der Waals surface area (Å²) >= 11 is 0. The third-order valence-electron chi connectivity index (χ3n) is 5.91. The predicted molar refractivity (Wildman–Crippen MR) is 120 cm³/mol. The van der Waals surface area contributed by atoms with Gasteiger partial charge in [-0.2, -0.15) is 18.3 Å². The van der Waals surface area contributed by atoms with Gasteiger partial charge in [0.1, 0.15) is 5.75 Å². The third-order valence-corrected chi connectivity index (χ3v) is 5.91. The molecule has 0 saturated carbocycles. The molecule has 33 heavy (non-hydrogen) atoms. The summed E-state index contributed by atoms with van der Waals surface area (Å²) in [7, 11) is 1.50. The number of rotatable bonds is 8. The number of carbonyl (C=O) groups is 1. The molecule has 0 aliphatic carbocycles. The number of likely N-dealkylation sites (tertiary alicyclic amines) is 1. The van der Waals surface area contributed by atoms with Gasteiger partial charge in [-0.25, -0.2) is 0 Å². The maximum absolute atomic E-state index is 12.9. The molecule has 0 radical (unpaired) electrons. The number of halogens is 3. The quantitative estimate of drug-likeness (QED) is 0.594. The Morgan fingerprint density at radius 2 is 1.91 bits per heavy atom. The number of alkyl halides is 3. The van der Waals surface area contributed by atoms with Crippen LogP contribution < -0.4 is 10.1 Å². The van der Waals surface area contributed by atoms with Crippen molar-refractivity contribution >= 4 is 16.8 Å². The predicted octanol–water partition coefficient (Wildman–Crippen LogP) is 3.86. The van der Waals surface area contributed by atoms with Gasteiger partial charge < -0.3 is 14.8 Å². The average molecular weight is 471 g/mol. The van der Waals surface area contributed by atoms with Crippen LogP contribution in [0.15, 0.2) is 18.3 Å². The van der Waals surface area contributed by atoms with Crippen LogP contribution in [0.3, 0.4) is 0 Å². The van der Waals surface area contributed by atoms with E-state index in [1.165, 1.54) is 13.2 Å². The Bertz CT molecular complexity index is 945. The summed E-state index contributed by atoms with van der Waals surface area (Å²) < 4.78 is 50.4. The molecule has 1 aromatic heterocycles. The number of piperidine rings is 1. The molecule has 2 aromatic rings. The number of aromatic nitrogens is 2. The molecule has 0 spiro atoms. The maximum atomic E-state index is 12.9. The van der Waals surface area contributed by atoms with Gasteiger partial charge in [0, 0.05) is 31.9 Å². The van der Waals surface area contributed by atoms with E-state index < -0.39 is 18.7 Å². The molecule has 3 rings (SSSR count). The SMILES string of the molecule is COCCNC(=O)c1ccc2nn(CC3CCN(C(C)(C)C)CC3)cc2c1OCC(F)(F)F. The van der Waals surface area contributed by atoms with Crippen molar-refractivity contribution in [2.45, 2.75) is 51.9 Å². The second-order valence-corrected chi connectivity index (χ2v) is 9.48. The van der Waals surface area contributed by atoms with E-state index in [0.29, 0.717) is 30.0 Å². The van der Waals surface area contributed by atoms with Gasteiger partial charge >= 0.3 is 6.18 Å². The summed E-state index contributed by atoms with van der Waals surface area (Å²) in [6.07, 6.45) is -0.789. The van der Waals surface area contributed by atoms with Crippen LogP contribution >= 0.6 is 0 Å². The number of hydrogen-bond donors (Lipinski definition) is 1. The maximum Gasteiger partial charge on any atom is 0.422 e. The molecule has 1 aliphatic rings. The van der Waals surface area contributed by atoms with Crippen LogP contribution in [0.5, 0.6) is 5.75 Å². The first-order valence-electron chi connectivity index (χ1n) is 11.2. The van der Waals surface area contributed by atoms with Crippen molar-refractivity contribution in [3.05, 3.63) is 23.9 Å². The molecule has 0 atom stereocenters. The van der Waals surface area contributed by atoms with Crippen molar-refractivity contribution in [2.75, 3.05) is 40.0 Å². The van der Waals surface area contributed by atoms with Gasteiger partial charge in [0.2, 0.25) is 0 Å². The van der Waals surface area contributed by atoms with Gasteiger partial charge in [0.05, 0.1) is 23.1 Å². The average Bonchev–Trinajstić information content (AvgIpc) is 3.13. The summed E-state index contributed by atoms with van der Waals surface area (Å²) in [6, 6.07) is 3.09. The number of fused-ring (bicyclic) bond motifs is 1. The lowest BCUT2D eigenvalue weighted by atomic mass is 9.93. The van der Waals surface area contributed by atoms with Gasteiger partial charge in [-0.1, -0.05) is 0 Å². The fourth-order valence-electron chi connectivity index (χ4n) is 4.11. The Balaban J connectivity index is 1.81. The van der Waals surface area contributed by atoms with Gasteiger partial charge in [0.25, 0.3) is 5.91 Å². The van der Waals surface area contributed by atoms with Crippen LogP contribution in [0.4, 0.5) is 13.2 Å².